The average Bonchev–Trinajstić information content (AvgIpc) is 3.27. The van der Waals surface area contributed by atoms with Crippen molar-refractivity contribution in [1.82, 2.24) is 15.0 Å². The first-order chi connectivity index (χ1) is 11.6. The lowest BCUT2D eigenvalue weighted by Crippen LogP contribution is -2.41. The predicted molar refractivity (Wildman–Crippen MR) is 86.3 cm³/mol. The molecular weight excluding hydrogens is 310 g/mol. The molecule has 0 aliphatic carbocycles. The fraction of sp³-hybridized carbons (Fsp3) is 0.824. The molecule has 0 spiro atoms. The van der Waals surface area contributed by atoms with E-state index in [4.69, 9.17) is 14.0 Å². The molecule has 0 radical (unpaired) electrons. The van der Waals surface area contributed by atoms with Gasteiger partial charge in [0.25, 0.3) is 0 Å². The Labute approximate surface area is 142 Å². The van der Waals surface area contributed by atoms with Crippen molar-refractivity contribution < 1.29 is 18.8 Å². The number of amides is 1. The quantitative estimate of drug-likeness (QED) is 0.791. The molecular formula is C17H27N3O4. The Morgan fingerprint density at radius 1 is 1.25 bits per heavy atom. The van der Waals surface area contributed by atoms with Gasteiger partial charge in [-0.25, -0.2) is 0 Å². The summed E-state index contributed by atoms with van der Waals surface area (Å²) in [5.41, 5.74) is 0. The van der Waals surface area contributed by atoms with Gasteiger partial charge in [0.1, 0.15) is 0 Å². The van der Waals surface area contributed by atoms with Gasteiger partial charge in [0.15, 0.2) is 12.1 Å². The summed E-state index contributed by atoms with van der Waals surface area (Å²) in [5, 5.41) is 3.94. The number of aryl methyl sites for hydroxylation is 1. The van der Waals surface area contributed by atoms with Crippen LogP contribution >= 0.6 is 0 Å². The second-order valence-corrected chi connectivity index (χ2v) is 6.88. The first kappa shape index (κ1) is 17.4. The summed E-state index contributed by atoms with van der Waals surface area (Å²) in [6.07, 6.45) is 3.78. The van der Waals surface area contributed by atoms with Gasteiger partial charge in [-0.15, -0.1) is 0 Å². The summed E-state index contributed by atoms with van der Waals surface area (Å²) >= 11 is 0. The molecule has 0 atom stereocenters. The number of piperidine rings is 1. The topological polar surface area (TPSA) is 77.7 Å². The van der Waals surface area contributed by atoms with Crippen LogP contribution < -0.4 is 0 Å². The fourth-order valence-corrected chi connectivity index (χ4v) is 3.22. The Bertz CT molecular complexity index is 532. The highest BCUT2D eigenvalue weighted by Gasteiger charge is 2.31. The van der Waals surface area contributed by atoms with Gasteiger partial charge in [-0.1, -0.05) is 19.0 Å². The van der Waals surface area contributed by atoms with Gasteiger partial charge in [-0.3, -0.25) is 4.79 Å². The van der Waals surface area contributed by atoms with Crippen LogP contribution in [0.5, 0.6) is 0 Å². The molecule has 2 saturated heterocycles. The first-order valence-electron chi connectivity index (χ1n) is 8.97. The molecule has 0 bridgehead atoms. The summed E-state index contributed by atoms with van der Waals surface area (Å²) in [5.74, 6) is 2.25. The molecule has 0 N–H and O–H groups in total. The van der Waals surface area contributed by atoms with Crippen molar-refractivity contribution in [2.75, 3.05) is 26.3 Å². The second kappa shape index (κ2) is 8.07. The van der Waals surface area contributed by atoms with Gasteiger partial charge in [-0.2, -0.15) is 4.98 Å². The van der Waals surface area contributed by atoms with E-state index in [-0.39, 0.29) is 18.1 Å². The molecule has 0 saturated carbocycles. The third kappa shape index (κ3) is 4.33. The smallest absolute Gasteiger partial charge is 0.226 e. The molecule has 2 fully saturated rings. The number of rotatable bonds is 6. The zero-order valence-corrected chi connectivity index (χ0v) is 14.6. The van der Waals surface area contributed by atoms with E-state index in [1.807, 2.05) is 18.7 Å². The van der Waals surface area contributed by atoms with Crippen LogP contribution in [0, 0.1) is 5.92 Å². The minimum absolute atomic E-state index is 0.0602. The van der Waals surface area contributed by atoms with E-state index in [1.165, 1.54) is 0 Å². The van der Waals surface area contributed by atoms with Crippen LogP contribution in [0.4, 0.5) is 0 Å². The van der Waals surface area contributed by atoms with Gasteiger partial charge >= 0.3 is 0 Å². The fourth-order valence-electron chi connectivity index (χ4n) is 3.22. The Morgan fingerprint density at radius 3 is 2.58 bits per heavy atom. The maximum absolute atomic E-state index is 12.3. The van der Waals surface area contributed by atoms with Gasteiger partial charge in [-0.05, 0) is 19.3 Å². The average molecular weight is 337 g/mol. The molecule has 3 heterocycles. The van der Waals surface area contributed by atoms with Crippen molar-refractivity contribution in [3.05, 3.63) is 11.7 Å². The van der Waals surface area contributed by atoms with Crippen LogP contribution in [0.2, 0.25) is 0 Å². The maximum atomic E-state index is 12.3. The van der Waals surface area contributed by atoms with E-state index in [9.17, 15) is 4.79 Å². The van der Waals surface area contributed by atoms with Crippen LogP contribution in [-0.4, -0.2) is 53.5 Å². The van der Waals surface area contributed by atoms with E-state index in [1.54, 1.807) is 0 Å². The van der Waals surface area contributed by atoms with Crippen LogP contribution in [0.15, 0.2) is 4.52 Å². The summed E-state index contributed by atoms with van der Waals surface area (Å²) in [4.78, 5) is 18.6. The van der Waals surface area contributed by atoms with Crippen LogP contribution in [0.25, 0.3) is 0 Å². The second-order valence-electron chi connectivity index (χ2n) is 6.88. The Kier molecular flexibility index (Phi) is 5.84. The number of carbonyl (C=O) groups excluding carboxylic acids is 1. The summed E-state index contributed by atoms with van der Waals surface area (Å²) < 4.78 is 16.4. The molecule has 7 heteroatoms. The molecule has 3 rings (SSSR count). The molecule has 7 nitrogen and oxygen atoms in total. The SMILES string of the molecule is CC(C)c1noc(CCCC(=O)N2CCC(C3OCCO3)CC2)n1. The maximum Gasteiger partial charge on any atom is 0.226 e. The lowest BCUT2D eigenvalue weighted by Gasteiger charge is -2.33. The number of nitrogens with zero attached hydrogens (tertiary/aromatic N) is 3. The number of ether oxygens (including phenoxy) is 2. The number of hydrogen-bond donors (Lipinski definition) is 0. The summed E-state index contributed by atoms with van der Waals surface area (Å²) in [6.45, 7) is 7.04. The highest BCUT2D eigenvalue weighted by atomic mass is 16.7. The number of likely N-dealkylation sites (tertiary alicyclic amines) is 1. The molecule has 24 heavy (non-hydrogen) atoms. The molecule has 2 aliphatic heterocycles. The molecule has 2 aliphatic rings. The van der Waals surface area contributed by atoms with Crippen molar-refractivity contribution in [3.63, 3.8) is 0 Å². The number of carbonyl (C=O) groups is 1. The largest absolute Gasteiger partial charge is 0.350 e. The van der Waals surface area contributed by atoms with Crippen molar-refractivity contribution >= 4 is 5.91 Å². The van der Waals surface area contributed by atoms with Crippen molar-refractivity contribution in [2.24, 2.45) is 5.92 Å². The summed E-state index contributed by atoms with van der Waals surface area (Å²) in [6, 6.07) is 0. The molecule has 134 valence electrons. The van der Waals surface area contributed by atoms with Gasteiger partial charge < -0.3 is 18.9 Å². The Balaban J connectivity index is 1.36. The van der Waals surface area contributed by atoms with Gasteiger partial charge in [0, 0.05) is 37.8 Å². The van der Waals surface area contributed by atoms with Crippen molar-refractivity contribution in [2.45, 2.75) is 58.2 Å². The third-order valence-electron chi connectivity index (χ3n) is 4.71. The predicted octanol–water partition coefficient (Wildman–Crippen LogP) is 2.13. The van der Waals surface area contributed by atoms with E-state index in [2.05, 4.69) is 10.1 Å². The van der Waals surface area contributed by atoms with Crippen molar-refractivity contribution in [1.29, 1.82) is 0 Å². The normalized spacial score (nSPS) is 20.2. The zero-order chi connectivity index (χ0) is 16.9. The van der Waals surface area contributed by atoms with E-state index in [0.717, 1.165) is 38.2 Å². The van der Waals surface area contributed by atoms with Crippen LogP contribution in [0.1, 0.15) is 57.2 Å². The molecule has 0 aromatic carbocycles. The van der Waals surface area contributed by atoms with E-state index in [0.29, 0.717) is 37.9 Å². The number of aromatic nitrogens is 2. The monoisotopic (exact) mass is 337 g/mol. The van der Waals surface area contributed by atoms with E-state index >= 15 is 0 Å². The highest BCUT2D eigenvalue weighted by molar-refractivity contribution is 5.76. The number of hydrogen-bond acceptors (Lipinski definition) is 6. The van der Waals surface area contributed by atoms with Crippen LogP contribution in [0.3, 0.4) is 0 Å². The van der Waals surface area contributed by atoms with Gasteiger partial charge in [0.05, 0.1) is 13.2 Å². The Morgan fingerprint density at radius 2 is 1.96 bits per heavy atom. The highest BCUT2D eigenvalue weighted by Crippen LogP contribution is 2.26. The third-order valence-corrected chi connectivity index (χ3v) is 4.71. The van der Waals surface area contributed by atoms with E-state index < -0.39 is 0 Å². The molecule has 1 aromatic rings. The molecule has 1 aromatic heterocycles. The standard InChI is InChI=1S/C17H27N3O4/c1-12(2)16-18-14(24-19-16)4-3-5-15(21)20-8-6-13(7-9-20)17-22-10-11-23-17/h12-13,17H,3-11H2,1-2H3. The summed E-state index contributed by atoms with van der Waals surface area (Å²) in [7, 11) is 0. The molecule has 0 unspecified atom stereocenters. The molecule has 1 amide bonds. The minimum atomic E-state index is -0.0602. The minimum Gasteiger partial charge on any atom is -0.350 e. The Hall–Kier alpha value is -1.47. The van der Waals surface area contributed by atoms with Crippen LogP contribution in [-0.2, 0) is 20.7 Å². The lowest BCUT2D eigenvalue weighted by molar-refractivity contribution is -0.136. The first-order valence-corrected chi connectivity index (χ1v) is 8.97. The van der Waals surface area contributed by atoms with Crippen molar-refractivity contribution in [3.8, 4) is 0 Å². The zero-order valence-electron chi connectivity index (χ0n) is 14.6. The lowest BCUT2D eigenvalue weighted by atomic mass is 9.96. The van der Waals surface area contributed by atoms with Gasteiger partial charge in [0.2, 0.25) is 11.8 Å².